The fraction of sp³-hybridized carbons (Fsp3) is 0.290. The third kappa shape index (κ3) is 13.9. The summed E-state index contributed by atoms with van der Waals surface area (Å²) in [5.41, 5.74) is 0.739. The molecule has 1 heterocycles. The zero-order valence-electron chi connectivity index (χ0n) is 25.5. The van der Waals surface area contributed by atoms with E-state index >= 15 is 0 Å². The zero-order chi connectivity index (χ0) is 34.5. The van der Waals surface area contributed by atoms with Crippen molar-refractivity contribution >= 4 is 24.0 Å². The zero-order valence-corrected chi connectivity index (χ0v) is 25.5. The molecule has 3 rings (SSSR count). The Kier molecular flexibility index (Phi) is 19.6. The van der Waals surface area contributed by atoms with Crippen LogP contribution < -0.4 is 16.4 Å². The molecule has 7 nitrogen and oxygen atoms in total. The highest BCUT2D eigenvalue weighted by atomic mass is 19.4. The molecule has 0 aliphatic rings. The molecule has 0 spiro atoms. The highest BCUT2D eigenvalue weighted by molar-refractivity contribution is 6.05. The number of aromatic nitrogens is 1. The number of nitrogens with one attached hydrogen (secondary N) is 3. The SMILES string of the molecule is CC.CC.CC.CNC(=O)c1cc(C#Cc2ccc(C(F)(F)F)c(C(=O)Nc3ccccn3)c2)cc(C(F)(F)F)c1.N=CN. The minimum atomic E-state index is -4.85. The maximum Gasteiger partial charge on any atom is 0.417 e. The average molecular weight is 626 g/mol. The molecule has 0 aliphatic carbocycles. The van der Waals surface area contributed by atoms with Gasteiger partial charge in [-0.2, -0.15) is 26.3 Å². The Morgan fingerprint density at radius 2 is 1.39 bits per heavy atom. The first-order chi connectivity index (χ1) is 20.8. The number of carbonyl (C=O) groups excluding carboxylic acids is 2. The molecule has 0 saturated heterocycles. The maximum atomic E-state index is 13.5. The van der Waals surface area contributed by atoms with Crippen LogP contribution in [0.2, 0.25) is 0 Å². The van der Waals surface area contributed by atoms with Crippen molar-refractivity contribution in [3.63, 3.8) is 0 Å². The average Bonchev–Trinajstić information content (AvgIpc) is 3.02. The molecule has 0 saturated carbocycles. The van der Waals surface area contributed by atoms with Gasteiger partial charge in [-0.1, -0.05) is 59.4 Å². The summed E-state index contributed by atoms with van der Waals surface area (Å²) in [6, 6.07) is 9.45. The van der Waals surface area contributed by atoms with E-state index in [0.717, 1.165) is 24.5 Å². The smallest absolute Gasteiger partial charge is 0.390 e. The van der Waals surface area contributed by atoms with Crippen LogP contribution >= 0.6 is 0 Å². The third-order valence-electron chi connectivity index (χ3n) is 4.58. The molecule has 3 aromatic rings. The molecule has 2 amide bonds. The number of benzene rings is 2. The van der Waals surface area contributed by atoms with Crippen LogP contribution in [0.3, 0.4) is 0 Å². The van der Waals surface area contributed by atoms with Gasteiger partial charge in [0.15, 0.2) is 0 Å². The van der Waals surface area contributed by atoms with Crippen molar-refractivity contribution in [3.05, 3.63) is 94.2 Å². The van der Waals surface area contributed by atoms with E-state index in [2.05, 4.69) is 33.2 Å². The lowest BCUT2D eigenvalue weighted by Gasteiger charge is -2.13. The van der Waals surface area contributed by atoms with Gasteiger partial charge in [-0.15, -0.1) is 0 Å². The Labute approximate surface area is 253 Å². The molecule has 0 radical (unpaired) electrons. The van der Waals surface area contributed by atoms with Gasteiger partial charge in [-0.3, -0.25) is 15.0 Å². The van der Waals surface area contributed by atoms with E-state index in [9.17, 15) is 35.9 Å². The minimum absolute atomic E-state index is 0.0211. The summed E-state index contributed by atoms with van der Waals surface area (Å²) >= 11 is 0. The van der Waals surface area contributed by atoms with Crippen molar-refractivity contribution in [2.24, 2.45) is 5.73 Å². The van der Waals surface area contributed by atoms with E-state index in [-0.39, 0.29) is 22.5 Å². The molecule has 240 valence electrons. The highest BCUT2D eigenvalue weighted by Gasteiger charge is 2.35. The van der Waals surface area contributed by atoms with Crippen molar-refractivity contribution < 1.29 is 35.9 Å². The highest BCUT2D eigenvalue weighted by Crippen LogP contribution is 2.33. The van der Waals surface area contributed by atoms with Gasteiger partial charge in [-0.25, -0.2) is 4.98 Å². The Morgan fingerprint density at radius 3 is 1.86 bits per heavy atom. The summed E-state index contributed by atoms with van der Waals surface area (Å²) in [4.78, 5) is 28.2. The molecular formula is C31H37F6N5O2. The molecule has 0 bridgehead atoms. The normalized spacial score (nSPS) is 9.66. The summed E-state index contributed by atoms with van der Waals surface area (Å²) in [6.07, 6.45) is -7.53. The molecule has 0 unspecified atom stereocenters. The Morgan fingerprint density at radius 1 is 0.818 bits per heavy atom. The van der Waals surface area contributed by atoms with E-state index in [4.69, 9.17) is 5.41 Å². The Hall–Kier alpha value is -4.86. The van der Waals surface area contributed by atoms with Crippen molar-refractivity contribution in [1.82, 2.24) is 10.3 Å². The number of pyridine rings is 1. The number of nitrogens with zero attached hydrogens (tertiary/aromatic N) is 1. The van der Waals surface area contributed by atoms with Gasteiger partial charge in [-0.05, 0) is 48.5 Å². The van der Waals surface area contributed by atoms with Gasteiger partial charge in [0.05, 0.1) is 23.0 Å². The van der Waals surface area contributed by atoms with E-state index < -0.39 is 40.9 Å². The van der Waals surface area contributed by atoms with Crippen molar-refractivity contribution in [2.45, 2.75) is 53.9 Å². The standard InChI is InChI=1S/C24H15F6N3O2.3C2H6.CH4N2/c1-31-21(34)16-10-15(11-17(13-16)23(25,26)27)6-5-14-7-8-19(24(28,29)30)18(12-14)22(35)33-20-4-2-3-9-32-20;3*1-2;2-1-3/h2-4,7-13H,1H3,(H,31,34)(H,32,33,35);3*1-2H3;1H,(H3,2,3). The summed E-state index contributed by atoms with van der Waals surface area (Å²) in [6.45, 7) is 12.0. The van der Waals surface area contributed by atoms with Crippen LogP contribution in [0.4, 0.5) is 32.2 Å². The third-order valence-corrected chi connectivity index (χ3v) is 4.58. The first kappa shape index (κ1) is 41.3. The second-order valence-electron chi connectivity index (χ2n) is 7.22. The number of alkyl halides is 6. The number of amides is 2. The minimum Gasteiger partial charge on any atom is -0.390 e. The molecule has 1 aromatic heterocycles. The topological polar surface area (TPSA) is 121 Å². The predicted octanol–water partition coefficient (Wildman–Crippen LogP) is 7.76. The molecule has 13 heteroatoms. The van der Waals surface area contributed by atoms with Crippen LogP contribution in [0, 0.1) is 17.3 Å². The van der Waals surface area contributed by atoms with Crippen molar-refractivity contribution in [1.29, 1.82) is 5.41 Å². The van der Waals surface area contributed by atoms with Crippen LogP contribution in [-0.2, 0) is 12.4 Å². The van der Waals surface area contributed by atoms with E-state index in [1.165, 1.54) is 25.4 Å². The first-order valence-corrected chi connectivity index (χ1v) is 13.4. The van der Waals surface area contributed by atoms with Gasteiger partial charge in [0, 0.05) is 29.9 Å². The Balaban J connectivity index is 0. The van der Waals surface area contributed by atoms with E-state index in [1.807, 2.05) is 41.5 Å². The molecule has 0 atom stereocenters. The number of carbonyl (C=O) groups is 2. The molecule has 0 aliphatic heterocycles. The second-order valence-corrected chi connectivity index (χ2v) is 7.22. The lowest BCUT2D eigenvalue weighted by Crippen LogP contribution is -2.19. The number of rotatable bonds is 3. The maximum absolute atomic E-state index is 13.5. The monoisotopic (exact) mass is 625 g/mol. The van der Waals surface area contributed by atoms with Gasteiger partial charge in [0.25, 0.3) is 11.8 Å². The summed E-state index contributed by atoms with van der Waals surface area (Å²) in [5.74, 6) is 3.01. The quantitative estimate of drug-likeness (QED) is 0.103. The van der Waals surface area contributed by atoms with E-state index in [1.54, 1.807) is 6.07 Å². The number of nitrogens with two attached hydrogens (primary N) is 1. The molecule has 44 heavy (non-hydrogen) atoms. The summed E-state index contributed by atoms with van der Waals surface area (Å²) in [5, 5.41) is 10.3. The van der Waals surface area contributed by atoms with Crippen LogP contribution in [0.5, 0.6) is 0 Å². The van der Waals surface area contributed by atoms with Gasteiger partial charge >= 0.3 is 12.4 Å². The van der Waals surface area contributed by atoms with Crippen molar-refractivity contribution in [3.8, 4) is 11.8 Å². The molecule has 0 fully saturated rings. The Bertz CT molecular complexity index is 1380. The summed E-state index contributed by atoms with van der Waals surface area (Å²) < 4.78 is 80.0. The van der Waals surface area contributed by atoms with Crippen LogP contribution in [0.1, 0.15) is 84.5 Å². The number of halogens is 6. The lowest BCUT2D eigenvalue weighted by molar-refractivity contribution is -0.138. The number of hydrogen-bond donors (Lipinski definition) is 4. The lowest BCUT2D eigenvalue weighted by atomic mass is 10.0. The molecular weight excluding hydrogens is 588 g/mol. The van der Waals surface area contributed by atoms with E-state index in [0.29, 0.717) is 18.2 Å². The second kappa shape index (κ2) is 20.9. The van der Waals surface area contributed by atoms with Crippen LogP contribution in [0.25, 0.3) is 0 Å². The first-order valence-electron chi connectivity index (χ1n) is 13.4. The van der Waals surface area contributed by atoms with Gasteiger partial charge < -0.3 is 16.4 Å². The summed E-state index contributed by atoms with van der Waals surface area (Å²) in [7, 11) is 1.24. The molecule has 5 N–H and O–H groups in total. The number of hydrogen-bond acceptors (Lipinski definition) is 4. The fourth-order valence-electron chi connectivity index (χ4n) is 2.96. The van der Waals surface area contributed by atoms with Crippen LogP contribution in [-0.4, -0.2) is 30.2 Å². The number of anilines is 1. The van der Waals surface area contributed by atoms with Crippen LogP contribution in [0.15, 0.2) is 60.8 Å². The van der Waals surface area contributed by atoms with Gasteiger partial charge in [0.1, 0.15) is 5.82 Å². The van der Waals surface area contributed by atoms with Crippen molar-refractivity contribution in [2.75, 3.05) is 12.4 Å². The largest absolute Gasteiger partial charge is 0.417 e. The molecule has 2 aromatic carbocycles. The fourth-order valence-corrected chi connectivity index (χ4v) is 2.96. The van der Waals surface area contributed by atoms with Gasteiger partial charge in [0.2, 0.25) is 0 Å². The predicted molar refractivity (Wildman–Crippen MR) is 161 cm³/mol.